The van der Waals surface area contributed by atoms with Crippen molar-refractivity contribution < 1.29 is 4.52 Å². The van der Waals surface area contributed by atoms with Gasteiger partial charge < -0.3 is 4.52 Å². The SMILES string of the molecule is Cc1ccc2c(ncc3c(=O)o[nH]c32)c1C. The molecule has 0 aliphatic rings. The lowest BCUT2D eigenvalue weighted by Crippen LogP contribution is -1.93. The van der Waals surface area contributed by atoms with E-state index < -0.39 is 0 Å². The molecule has 80 valence electrons. The third kappa shape index (κ3) is 1.04. The van der Waals surface area contributed by atoms with Crippen molar-refractivity contribution in [1.82, 2.24) is 10.1 Å². The van der Waals surface area contributed by atoms with Crippen LogP contribution in [0.1, 0.15) is 11.1 Å². The van der Waals surface area contributed by atoms with E-state index in [4.69, 9.17) is 4.52 Å². The van der Waals surface area contributed by atoms with Gasteiger partial charge >= 0.3 is 5.63 Å². The van der Waals surface area contributed by atoms with E-state index in [-0.39, 0.29) is 5.63 Å². The summed E-state index contributed by atoms with van der Waals surface area (Å²) < 4.78 is 4.77. The molecule has 3 rings (SSSR count). The molecule has 0 atom stereocenters. The van der Waals surface area contributed by atoms with Crippen molar-refractivity contribution in [3.63, 3.8) is 0 Å². The Morgan fingerprint density at radius 3 is 2.88 bits per heavy atom. The largest absolute Gasteiger partial charge is 0.366 e. The number of aryl methyl sites for hydroxylation is 2. The van der Waals surface area contributed by atoms with E-state index in [2.05, 4.69) is 10.1 Å². The predicted molar refractivity (Wildman–Crippen MR) is 61.6 cm³/mol. The zero-order chi connectivity index (χ0) is 11.3. The van der Waals surface area contributed by atoms with Crippen LogP contribution in [-0.2, 0) is 0 Å². The molecule has 4 nitrogen and oxygen atoms in total. The average molecular weight is 214 g/mol. The minimum Gasteiger partial charge on any atom is -0.338 e. The quantitative estimate of drug-likeness (QED) is 0.624. The van der Waals surface area contributed by atoms with Crippen LogP contribution in [0.15, 0.2) is 27.6 Å². The second-order valence-corrected chi connectivity index (χ2v) is 3.94. The van der Waals surface area contributed by atoms with Gasteiger partial charge in [-0.1, -0.05) is 12.1 Å². The van der Waals surface area contributed by atoms with E-state index >= 15 is 0 Å². The van der Waals surface area contributed by atoms with Crippen LogP contribution in [0.25, 0.3) is 21.8 Å². The van der Waals surface area contributed by atoms with Gasteiger partial charge in [0.2, 0.25) is 0 Å². The first-order valence-electron chi connectivity index (χ1n) is 5.04. The summed E-state index contributed by atoms with van der Waals surface area (Å²) in [6, 6.07) is 3.97. The highest BCUT2D eigenvalue weighted by Crippen LogP contribution is 2.24. The maximum absolute atomic E-state index is 11.3. The first kappa shape index (κ1) is 9.15. The minimum absolute atomic E-state index is 0.373. The van der Waals surface area contributed by atoms with Crippen LogP contribution in [0.4, 0.5) is 0 Å². The molecule has 2 aromatic heterocycles. The van der Waals surface area contributed by atoms with Gasteiger partial charge in [0.1, 0.15) is 5.39 Å². The summed E-state index contributed by atoms with van der Waals surface area (Å²) in [4.78, 5) is 15.7. The predicted octanol–water partition coefficient (Wildman–Crippen LogP) is 2.29. The molecule has 0 aliphatic heterocycles. The fourth-order valence-corrected chi connectivity index (χ4v) is 1.92. The fraction of sp³-hybridized carbons (Fsp3) is 0.167. The van der Waals surface area contributed by atoms with Gasteiger partial charge in [-0.25, -0.2) is 9.95 Å². The summed E-state index contributed by atoms with van der Waals surface area (Å²) in [6.07, 6.45) is 1.56. The van der Waals surface area contributed by atoms with Crippen molar-refractivity contribution in [2.45, 2.75) is 13.8 Å². The zero-order valence-electron chi connectivity index (χ0n) is 9.00. The summed E-state index contributed by atoms with van der Waals surface area (Å²) in [6.45, 7) is 4.06. The Hall–Kier alpha value is -2.10. The number of pyridine rings is 1. The Kier molecular flexibility index (Phi) is 1.68. The third-order valence-corrected chi connectivity index (χ3v) is 3.03. The van der Waals surface area contributed by atoms with Gasteiger partial charge in [0, 0.05) is 11.6 Å². The number of aromatic amines is 1. The molecule has 4 heteroatoms. The Bertz CT molecular complexity index is 753. The van der Waals surface area contributed by atoms with Crippen LogP contribution >= 0.6 is 0 Å². The Morgan fingerprint density at radius 1 is 1.25 bits per heavy atom. The summed E-state index contributed by atoms with van der Waals surface area (Å²) in [5.74, 6) is 0. The van der Waals surface area contributed by atoms with Crippen LogP contribution in [0.3, 0.4) is 0 Å². The van der Waals surface area contributed by atoms with Gasteiger partial charge in [-0.3, -0.25) is 4.98 Å². The highest BCUT2D eigenvalue weighted by atomic mass is 16.5. The van der Waals surface area contributed by atoms with Crippen molar-refractivity contribution in [3.05, 3.63) is 39.9 Å². The number of nitrogens with zero attached hydrogens (tertiary/aromatic N) is 1. The molecule has 3 aromatic rings. The van der Waals surface area contributed by atoms with Gasteiger partial charge in [-0.15, -0.1) is 0 Å². The van der Waals surface area contributed by atoms with Crippen molar-refractivity contribution in [2.75, 3.05) is 0 Å². The lowest BCUT2D eigenvalue weighted by atomic mass is 10.0. The normalized spacial score (nSPS) is 11.4. The van der Waals surface area contributed by atoms with E-state index in [1.54, 1.807) is 6.20 Å². The van der Waals surface area contributed by atoms with E-state index in [0.29, 0.717) is 5.39 Å². The molecule has 1 aromatic carbocycles. The average Bonchev–Trinajstić information content (AvgIpc) is 2.66. The maximum atomic E-state index is 11.3. The van der Waals surface area contributed by atoms with Crippen molar-refractivity contribution in [3.8, 4) is 0 Å². The monoisotopic (exact) mass is 214 g/mol. The summed E-state index contributed by atoms with van der Waals surface area (Å²) in [7, 11) is 0. The molecule has 0 aliphatic carbocycles. The fourth-order valence-electron chi connectivity index (χ4n) is 1.92. The number of benzene rings is 1. The number of H-pyrrole nitrogens is 1. The van der Waals surface area contributed by atoms with Crippen molar-refractivity contribution >= 4 is 21.8 Å². The van der Waals surface area contributed by atoms with Gasteiger partial charge in [0.05, 0.1) is 11.0 Å². The van der Waals surface area contributed by atoms with Crippen molar-refractivity contribution in [1.29, 1.82) is 0 Å². The van der Waals surface area contributed by atoms with E-state index in [0.717, 1.165) is 22.0 Å². The van der Waals surface area contributed by atoms with Gasteiger partial charge in [-0.05, 0) is 25.0 Å². The number of hydrogen-bond donors (Lipinski definition) is 1. The number of fused-ring (bicyclic) bond motifs is 3. The van der Waals surface area contributed by atoms with Crippen molar-refractivity contribution in [2.24, 2.45) is 0 Å². The lowest BCUT2D eigenvalue weighted by Gasteiger charge is -2.04. The van der Waals surface area contributed by atoms with Gasteiger partial charge in [-0.2, -0.15) is 0 Å². The topological polar surface area (TPSA) is 58.9 Å². The molecule has 0 fully saturated rings. The molecule has 0 unspecified atom stereocenters. The van der Waals surface area contributed by atoms with Crippen LogP contribution in [0, 0.1) is 13.8 Å². The van der Waals surface area contributed by atoms with E-state index in [1.807, 2.05) is 26.0 Å². The number of aromatic nitrogens is 2. The first-order valence-corrected chi connectivity index (χ1v) is 5.04. The molecule has 0 amide bonds. The number of hydrogen-bond acceptors (Lipinski definition) is 3. The van der Waals surface area contributed by atoms with Gasteiger partial charge in [0.15, 0.2) is 0 Å². The zero-order valence-corrected chi connectivity index (χ0v) is 9.00. The highest BCUT2D eigenvalue weighted by molar-refractivity contribution is 6.03. The molecular formula is C12H10N2O2. The highest BCUT2D eigenvalue weighted by Gasteiger charge is 2.10. The molecule has 1 N–H and O–H groups in total. The summed E-state index contributed by atoms with van der Waals surface area (Å²) in [5.41, 5.74) is 3.57. The molecular weight excluding hydrogens is 204 g/mol. The maximum Gasteiger partial charge on any atom is 0.366 e. The molecule has 2 heterocycles. The first-order chi connectivity index (χ1) is 7.68. The standard InChI is InChI=1S/C12H10N2O2/c1-6-3-4-8-10(7(6)2)13-5-9-11(8)14-16-12(9)15/h3-5,14H,1-2H3. The van der Waals surface area contributed by atoms with Crippen LogP contribution in [0.2, 0.25) is 0 Å². The molecule has 0 radical (unpaired) electrons. The van der Waals surface area contributed by atoms with Gasteiger partial charge in [0.25, 0.3) is 0 Å². The molecule has 0 spiro atoms. The molecule has 0 saturated carbocycles. The van der Waals surface area contributed by atoms with Crippen LogP contribution in [-0.4, -0.2) is 10.1 Å². The van der Waals surface area contributed by atoms with Crippen LogP contribution < -0.4 is 5.63 Å². The summed E-state index contributed by atoms with van der Waals surface area (Å²) >= 11 is 0. The Balaban J connectivity index is 2.63. The number of rotatable bonds is 0. The third-order valence-electron chi connectivity index (χ3n) is 3.03. The molecule has 0 bridgehead atoms. The van der Waals surface area contributed by atoms with E-state index in [9.17, 15) is 4.79 Å². The minimum atomic E-state index is -0.373. The molecule has 16 heavy (non-hydrogen) atoms. The smallest absolute Gasteiger partial charge is 0.338 e. The lowest BCUT2D eigenvalue weighted by molar-refractivity contribution is 0.400. The Morgan fingerprint density at radius 2 is 2.06 bits per heavy atom. The second-order valence-electron chi connectivity index (χ2n) is 3.94. The number of nitrogens with one attached hydrogen (secondary N) is 1. The molecule has 0 saturated heterocycles. The van der Waals surface area contributed by atoms with Crippen LogP contribution in [0.5, 0.6) is 0 Å². The van der Waals surface area contributed by atoms with E-state index in [1.165, 1.54) is 5.56 Å². The Labute approximate surface area is 90.9 Å². The second kappa shape index (κ2) is 2.95. The summed E-state index contributed by atoms with van der Waals surface area (Å²) in [5, 5.41) is 4.07.